The maximum Gasteiger partial charge on any atom is 0.153 e. The van der Waals surface area contributed by atoms with E-state index in [-0.39, 0.29) is 0 Å². The van der Waals surface area contributed by atoms with E-state index < -0.39 is 0 Å². The van der Waals surface area contributed by atoms with Crippen molar-refractivity contribution in [2.75, 3.05) is 33.5 Å². The normalized spacial score (nSPS) is 10.2. The first kappa shape index (κ1) is 14.2. The second-order valence-electron chi connectivity index (χ2n) is 3.25. The van der Waals surface area contributed by atoms with Gasteiger partial charge in [-0.2, -0.15) is 0 Å². The molecular weight excluding hydrogens is 288 g/mol. The number of ether oxygens (including phenoxy) is 3. The standard InChI is InChI=1S/C12H15BrO4/c1-15-4-5-16-6-7-17-12-8-11(13)3-2-10(12)9-14/h2-3,8-9H,4-7H2,1H3. The number of methoxy groups -OCH3 is 1. The molecule has 0 N–H and O–H groups in total. The van der Waals surface area contributed by atoms with Crippen molar-refractivity contribution < 1.29 is 19.0 Å². The van der Waals surface area contributed by atoms with Crippen molar-refractivity contribution in [1.82, 2.24) is 0 Å². The number of rotatable bonds is 8. The summed E-state index contributed by atoms with van der Waals surface area (Å²) >= 11 is 3.32. The van der Waals surface area contributed by atoms with Gasteiger partial charge in [-0.25, -0.2) is 0 Å². The molecular formula is C12H15BrO4. The van der Waals surface area contributed by atoms with Gasteiger partial charge in [-0.05, 0) is 18.2 Å². The van der Waals surface area contributed by atoms with E-state index >= 15 is 0 Å². The lowest BCUT2D eigenvalue weighted by Crippen LogP contribution is -2.10. The summed E-state index contributed by atoms with van der Waals surface area (Å²) in [6.07, 6.45) is 0.771. The molecule has 0 atom stereocenters. The number of carbonyl (C=O) groups excluding carboxylic acids is 1. The first-order valence-electron chi connectivity index (χ1n) is 5.22. The average Bonchev–Trinajstić information content (AvgIpc) is 2.34. The Hall–Kier alpha value is -0.910. The van der Waals surface area contributed by atoms with E-state index in [1.54, 1.807) is 25.3 Å². The van der Waals surface area contributed by atoms with E-state index in [0.717, 1.165) is 10.8 Å². The lowest BCUT2D eigenvalue weighted by molar-refractivity contribution is 0.0542. The fourth-order valence-corrected chi connectivity index (χ4v) is 1.53. The summed E-state index contributed by atoms with van der Waals surface area (Å²) in [5, 5.41) is 0. The Balaban J connectivity index is 2.35. The lowest BCUT2D eigenvalue weighted by atomic mass is 10.2. The number of aldehydes is 1. The fraction of sp³-hybridized carbons (Fsp3) is 0.417. The maximum atomic E-state index is 10.8. The van der Waals surface area contributed by atoms with Crippen LogP contribution in [0, 0.1) is 0 Å². The predicted octanol–water partition coefficient (Wildman–Crippen LogP) is 2.30. The monoisotopic (exact) mass is 302 g/mol. The number of hydrogen-bond donors (Lipinski definition) is 0. The summed E-state index contributed by atoms with van der Waals surface area (Å²) in [6.45, 7) is 1.98. The highest BCUT2D eigenvalue weighted by atomic mass is 79.9. The van der Waals surface area contributed by atoms with Gasteiger partial charge in [0.25, 0.3) is 0 Å². The Morgan fingerprint density at radius 1 is 1.24 bits per heavy atom. The lowest BCUT2D eigenvalue weighted by Gasteiger charge is -2.09. The summed E-state index contributed by atoms with van der Waals surface area (Å²) in [7, 11) is 1.62. The van der Waals surface area contributed by atoms with Crippen LogP contribution in [0.15, 0.2) is 22.7 Å². The first-order chi connectivity index (χ1) is 8.27. The zero-order chi connectivity index (χ0) is 12.5. The number of benzene rings is 1. The van der Waals surface area contributed by atoms with Gasteiger partial charge in [0, 0.05) is 11.6 Å². The molecule has 0 bridgehead atoms. The van der Waals surface area contributed by atoms with E-state index in [0.29, 0.717) is 37.7 Å². The van der Waals surface area contributed by atoms with Gasteiger partial charge in [0.15, 0.2) is 6.29 Å². The number of carbonyl (C=O) groups is 1. The Kier molecular flexibility index (Phi) is 6.84. The van der Waals surface area contributed by atoms with Gasteiger partial charge >= 0.3 is 0 Å². The highest BCUT2D eigenvalue weighted by Gasteiger charge is 2.03. The smallest absolute Gasteiger partial charge is 0.153 e. The molecule has 0 aliphatic rings. The molecule has 0 aliphatic heterocycles. The van der Waals surface area contributed by atoms with E-state index in [2.05, 4.69) is 15.9 Å². The molecule has 0 aromatic heterocycles. The molecule has 5 heteroatoms. The molecule has 0 unspecified atom stereocenters. The molecule has 1 aromatic carbocycles. The number of halogens is 1. The first-order valence-corrected chi connectivity index (χ1v) is 6.01. The second-order valence-corrected chi connectivity index (χ2v) is 4.17. The van der Waals surface area contributed by atoms with Crippen molar-refractivity contribution in [3.8, 4) is 5.75 Å². The fourth-order valence-electron chi connectivity index (χ4n) is 1.19. The highest BCUT2D eigenvalue weighted by Crippen LogP contribution is 2.22. The maximum absolute atomic E-state index is 10.8. The van der Waals surface area contributed by atoms with Gasteiger partial charge in [-0.15, -0.1) is 0 Å². The van der Waals surface area contributed by atoms with Crippen LogP contribution in [0.5, 0.6) is 5.75 Å². The van der Waals surface area contributed by atoms with Crippen molar-refractivity contribution in [3.63, 3.8) is 0 Å². The average molecular weight is 303 g/mol. The third-order valence-electron chi connectivity index (χ3n) is 2.02. The quantitative estimate of drug-likeness (QED) is 0.546. The van der Waals surface area contributed by atoms with E-state index in [1.165, 1.54) is 0 Å². The van der Waals surface area contributed by atoms with Crippen LogP contribution in [0.1, 0.15) is 10.4 Å². The summed E-state index contributed by atoms with van der Waals surface area (Å²) in [5.41, 5.74) is 0.532. The molecule has 0 fully saturated rings. The van der Waals surface area contributed by atoms with Crippen LogP contribution in [0.25, 0.3) is 0 Å². The molecule has 0 saturated carbocycles. The van der Waals surface area contributed by atoms with Crippen molar-refractivity contribution in [3.05, 3.63) is 28.2 Å². The summed E-state index contributed by atoms with van der Waals surface area (Å²) in [4.78, 5) is 10.8. The Bertz CT molecular complexity index is 354. The highest BCUT2D eigenvalue weighted by molar-refractivity contribution is 9.10. The van der Waals surface area contributed by atoms with Crippen LogP contribution in [-0.4, -0.2) is 39.8 Å². The van der Waals surface area contributed by atoms with Gasteiger partial charge in [0.1, 0.15) is 12.4 Å². The minimum atomic E-state index is 0.404. The molecule has 4 nitrogen and oxygen atoms in total. The molecule has 0 saturated heterocycles. The zero-order valence-corrected chi connectivity index (χ0v) is 11.2. The zero-order valence-electron chi connectivity index (χ0n) is 9.65. The number of hydrogen-bond acceptors (Lipinski definition) is 4. The largest absolute Gasteiger partial charge is 0.490 e. The van der Waals surface area contributed by atoms with E-state index in [1.807, 2.05) is 0 Å². The summed E-state index contributed by atoms with van der Waals surface area (Å²) in [5.74, 6) is 0.560. The second kappa shape index (κ2) is 8.22. The molecule has 94 valence electrons. The molecule has 0 radical (unpaired) electrons. The van der Waals surface area contributed by atoms with Crippen LogP contribution < -0.4 is 4.74 Å². The Morgan fingerprint density at radius 2 is 2.00 bits per heavy atom. The van der Waals surface area contributed by atoms with Gasteiger partial charge in [0.2, 0.25) is 0 Å². The SMILES string of the molecule is COCCOCCOc1cc(Br)ccc1C=O. The minimum absolute atomic E-state index is 0.404. The van der Waals surface area contributed by atoms with Gasteiger partial charge in [-0.1, -0.05) is 15.9 Å². The molecule has 0 amide bonds. The topological polar surface area (TPSA) is 44.8 Å². The molecule has 1 rings (SSSR count). The molecule has 1 aromatic rings. The van der Waals surface area contributed by atoms with E-state index in [9.17, 15) is 4.79 Å². The Morgan fingerprint density at radius 3 is 2.71 bits per heavy atom. The molecule has 17 heavy (non-hydrogen) atoms. The predicted molar refractivity (Wildman–Crippen MR) is 67.7 cm³/mol. The molecule has 0 heterocycles. The van der Waals surface area contributed by atoms with Crippen LogP contribution in [0.2, 0.25) is 0 Å². The van der Waals surface area contributed by atoms with Crippen LogP contribution >= 0.6 is 15.9 Å². The minimum Gasteiger partial charge on any atom is -0.490 e. The van der Waals surface area contributed by atoms with Crippen LogP contribution in [0.4, 0.5) is 0 Å². The van der Waals surface area contributed by atoms with E-state index in [4.69, 9.17) is 14.2 Å². The van der Waals surface area contributed by atoms with Crippen molar-refractivity contribution >= 4 is 22.2 Å². The summed E-state index contributed by atoms with van der Waals surface area (Å²) in [6, 6.07) is 5.27. The van der Waals surface area contributed by atoms with Crippen molar-refractivity contribution in [1.29, 1.82) is 0 Å². The molecule has 0 spiro atoms. The van der Waals surface area contributed by atoms with Crippen LogP contribution in [0.3, 0.4) is 0 Å². The van der Waals surface area contributed by atoms with Crippen LogP contribution in [-0.2, 0) is 9.47 Å². The van der Waals surface area contributed by atoms with Gasteiger partial charge < -0.3 is 14.2 Å². The molecule has 0 aliphatic carbocycles. The third-order valence-corrected chi connectivity index (χ3v) is 2.51. The van der Waals surface area contributed by atoms with Gasteiger partial charge in [-0.3, -0.25) is 4.79 Å². The Labute approximate surface area is 109 Å². The summed E-state index contributed by atoms with van der Waals surface area (Å²) < 4.78 is 16.4. The van der Waals surface area contributed by atoms with Gasteiger partial charge in [0.05, 0.1) is 25.4 Å². The van der Waals surface area contributed by atoms with Crippen molar-refractivity contribution in [2.45, 2.75) is 0 Å². The third kappa shape index (κ3) is 5.30. The van der Waals surface area contributed by atoms with Crippen molar-refractivity contribution in [2.24, 2.45) is 0 Å².